The zero-order valence-electron chi connectivity index (χ0n) is 13.2. The van der Waals surface area contributed by atoms with Crippen LogP contribution in [0, 0.1) is 6.92 Å². The molecule has 0 bridgehead atoms. The summed E-state index contributed by atoms with van der Waals surface area (Å²) in [7, 11) is 0. The first-order chi connectivity index (χ1) is 11.0. The van der Waals surface area contributed by atoms with E-state index in [1.807, 2.05) is 55.5 Å². The highest BCUT2D eigenvalue weighted by Gasteiger charge is 2.13. The van der Waals surface area contributed by atoms with Crippen LogP contribution in [0.3, 0.4) is 0 Å². The van der Waals surface area contributed by atoms with Crippen LogP contribution in [0.15, 0.2) is 53.0 Å². The van der Waals surface area contributed by atoms with E-state index >= 15 is 0 Å². The molecule has 2 aromatic carbocycles. The van der Waals surface area contributed by atoms with Crippen molar-refractivity contribution in [1.82, 2.24) is 0 Å². The average molecular weight is 375 g/mol. The molecular weight excluding hydrogens is 356 g/mol. The van der Waals surface area contributed by atoms with Crippen molar-refractivity contribution in [2.75, 3.05) is 16.8 Å². The smallest absolute Gasteiger partial charge is 0.226 e. The molecule has 0 aliphatic carbocycles. The Bertz CT molecular complexity index is 701. The van der Waals surface area contributed by atoms with Gasteiger partial charge < -0.3 is 10.2 Å². The molecule has 2 amide bonds. The van der Waals surface area contributed by atoms with Crippen LogP contribution in [0.4, 0.5) is 11.4 Å². The van der Waals surface area contributed by atoms with Crippen LogP contribution in [-0.4, -0.2) is 18.4 Å². The molecule has 4 nitrogen and oxygen atoms in total. The van der Waals surface area contributed by atoms with Gasteiger partial charge in [-0.05, 0) is 52.7 Å². The molecular formula is C18H19BrN2O2. The minimum absolute atomic E-state index is 0.0829. The molecule has 120 valence electrons. The Morgan fingerprint density at radius 3 is 2.43 bits per heavy atom. The van der Waals surface area contributed by atoms with E-state index in [0.29, 0.717) is 6.54 Å². The lowest BCUT2D eigenvalue weighted by atomic mass is 10.2. The van der Waals surface area contributed by atoms with Crippen molar-refractivity contribution in [2.24, 2.45) is 0 Å². The second kappa shape index (κ2) is 7.92. The second-order valence-electron chi connectivity index (χ2n) is 5.29. The number of nitrogens with one attached hydrogen (secondary N) is 1. The van der Waals surface area contributed by atoms with E-state index in [0.717, 1.165) is 21.4 Å². The summed E-state index contributed by atoms with van der Waals surface area (Å²) in [6, 6.07) is 15.1. The van der Waals surface area contributed by atoms with Crippen molar-refractivity contribution < 1.29 is 9.59 Å². The quantitative estimate of drug-likeness (QED) is 0.854. The van der Waals surface area contributed by atoms with Crippen LogP contribution in [-0.2, 0) is 9.59 Å². The Kier molecular flexibility index (Phi) is 5.93. The molecule has 2 rings (SSSR count). The zero-order chi connectivity index (χ0) is 16.8. The predicted octanol–water partition coefficient (Wildman–Crippen LogP) is 4.14. The number of carbonyl (C=O) groups excluding carboxylic acids is 2. The Hall–Kier alpha value is -2.14. The van der Waals surface area contributed by atoms with Gasteiger partial charge in [0.15, 0.2) is 0 Å². The topological polar surface area (TPSA) is 49.4 Å². The highest BCUT2D eigenvalue weighted by Crippen LogP contribution is 2.23. The van der Waals surface area contributed by atoms with Gasteiger partial charge in [0.1, 0.15) is 0 Å². The number of halogens is 1. The molecule has 0 aliphatic heterocycles. The standard InChI is InChI=1S/C18H19BrN2O2/c1-13-8-9-17(16(19)12-13)20-18(23)10-11-21(14(2)22)15-6-4-3-5-7-15/h3-9,12H,10-11H2,1-2H3,(H,20,23). The van der Waals surface area contributed by atoms with E-state index < -0.39 is 0 Å². The summed E-state index contributed by atoms with van der Waals surface area (Å²) in [4.78, 5) is 25.5. The van der Waals surface area contributed by atoms with E-state index in [1.165, 1.54) is 6.92 Å². The van der Waals surface area contributed by atoms with Gasteiger partial charge in [-0.25, -0.2) is 0 Å². The number of carbonyl (C=O) groups is 2. The van der Waals surface area contributed by atoms with E-state index in [1.54, 1.807) is 4.90 Å². The highest BCUT2D eigenvalue weighted by molar-refractivity contribution is 9.10. The first-order valence-electron chi connectivity index (χ1n) is 7.36. The molecule has 1 N–H and O–H groups in total. The number of benzene rings is 2. The van der Waals surface area contributed by atoms with E-state index in [9.17, 15) is 9.59 Å². The maximum atomic E-state index is 12.1. The summed E-state index contributed by atoms with van der Waals surface area (Å²) in [6.45, 7) is 3.83. The number of anilines is 2. The summed E-state index contributed by atoms with van der Waals surface area (Å²) in [5, 5.41) is 2.86. The lowest BCUT2D eigenvalue weighted by Gasteiger charge is -2.21. The molecule has 0 saturated carbocycles. The van der Waals surface area contributed by atoms with Crippen molar-refractivity contribution >= 4 is 39.1 Å². The molecule has 0 atom stereocenters. The van der Waals surface area contributed by atoms with E-state index in [4.69, 9.17) is 0 Å². The Labute approximate surface area is 144 Å². The summed E-state index contributed by atoms with van der Waals surface area (Å²) in [6.07, 6.45) is 0.231. The molecule has 0 spiro atoms. The first kappa shape index (κ1) is 17.2. The number of para-hydroxylation sites is 1. The van der Waals surface area contributed by atoms with Gasteiger partial charge >= 0.3 is 0 Å². The summed E-state index contributed by atoms with van der Waals surface area (Å²) < 4.78 is 0.845. The Balaban J connectivity index is 1.98. The fraction of sp³-hybridized carbons (Fsp3) is 0.222. The maximum absolute atomic E-state index is 12.1. The van der Waals surface area contributed by atoms with Gasteiger partial charge in [-0.2, -0.15) is 0 Å². The van der Waals surface area contributed by atoms with Crippen LogP contribution in [0.5, 0.6) is 0 Å². The normalized spacial score (nSPS) is 10.2. The summed E-state index contributed by atoms with van der Waals surface area (Å²) >= 11 is 3.44. The maximum Gasteiger partial charge on any atom is 0.226 e. The zero-order valence-corrected chi connectivity index (χ0v) is 14.8. The predicted molar refractivity (Wildman–Crippen MR) is 96.6 cm³/mol. The van der Waals surface area contributed by atoms with Crippen molar-refractivity contribution in [3.05, 3.63) is 58.6 Å². The van der Waals surface area contributed by atoms with Gasteiger partial charge in [0, 0.05) is 30.0 Å². The first-order valence-corrected chi connectivity index (χ1v) is 8.16. The van der Waals surface area contributed by atoms with E-state index in [2.05, 4.69) is 21.2 Å². The number of hydrogen-bond acceptors (Lipinski definition) is 2. The molecule has 0 unspecified atom stereocenters. The third-order valence-electron chi connectivity index (χ3n) is 3.41. The van der Waals surface area contributed by atoms with Gasteiger partial charge in [-0.15, -0.1) is 0 Å². The van der Waals surface area contributed by atoms with Gasteiger partial charge in [0.2, 0.25) is 11.8 Å². The number of aryl methyl sites for hydroxylation is 1. The Morgan fingerprint density at radius 1 is 1.13 bits per heavy atom. The lowest BCUT2D eigenvalue weighted by molar-refractivity contribution is -0.117. The van der Waals surface area contributed by atoms with Gasteiger partial charge in [0.05, 0.1) is 5.69 Å². The number of nitrogens with zero attached hydrogens (tertiary/aromatic N) is 1. The largest absolute Gasteiger partial charge is 0.325 e. The number of hydrogen-bond donors (Lipinski definition) is 1. The van der Waals surface area contributed by atoms with Crippen LogP contribution in [0.1, 0.15) is 18.9 Å². The molecule has 2 aromatic rings. The molecule has 0 saturated heterocycles. The summed E-state index contributed by atoms with van der Waals surface area (Å²) in [5.74, 6) is -0.211. The molecule has 5 heteroatoms. The van der Waals surface area contributed by atoms with Crippen LogP contribution in [0.2, 0.25) is 0 Å². The van der Waals surface area contributed by atoms with Crippen molar-refractivity contribution in [2.45, 2.75) is 20.3 Å². The molecule has 0 radical (unpaired) electrons. The number of rotatable bonds is 5. The minimum atomic E-state index is -0.128. The molecule has 0 heterocycles. The third kappa shape index (κ3) is 4.93. The molecule has 0 fully saturated rings. The van der Waals surface area contributed by atoms with Crippen molar-refractivity contribution in [3.63, 3.8) is 0 Å². The third-order valence-corrected chi connectivity index (χ3v) is 4.07. The van der Waals surface area contributed by atoms with Crippen molar-refractivity contribution in [3.8, 4) is 0 Å². The molecule has 0 aromatic heterocycles. The fourth-order valence-electron chi connectivity index (χ4n) is 2.22. The van der Waals surface area contributed by atoms with Crippen LogP contribution in [0.25, 0.3) is 0 Å². The van der Waals surface area contributed by atoms with Crippen molar-refractivity contribution in [1.29, 1.82) is 0 Å². The van der Waals surface area contributed by atoms with E-state index in [-0.39, 0.29) is 18.2 Å². The lowest BCUT2D eigenvalue weighted by Crippen LogP contribution is -2.31. The minimum Gasteiger partial charge on any atom is -0.325 e. The molecule has 0 aliphatic rings. The average Bonchev–Trinajstić information content (AvgIpc) is 2.51. The molecule has 23 heavy (non-hydrogen) atoms. The van der Waals surface area contributed by atoms with Gasteiger partial charge in [-0.1, -0.05) is 24.3 Å². The van der Waals surface area contributed by atoms with Crippen LogP contribution < -0.4 is 10.2 Å². The second-order valence-corrected chi connectivity index (χ2v) is 6.14. The summed E-state index contributed by atoms with van der Waals surface area (Å²) in [5.41, 5.74) is 2.64. The Morgan fingerprint density at radius 2 is 1.83 bits per heavy atom. The monoisotopic (exact) mass is 374 g/mol. The highest BCUT2D eigenvalue weighted by atomic mass is 79.9. The van der Waals surface area contributed by atoms with Gasteiger partial charge in [-0.3, -0.25) is 9.59 Å². The van der Waals surface area contributed by atoms with Crippen LogP contribution >= 0.6 is 15.9 Å². The fourth-order valence-corrected chi connectivity index (χ4v) is 2.82. The van der Waals surface area contributed by atoms with Gasteiger partial charge in [0.25, 0.3) is 0 Å². The SMILES string of the molecule is CC(=O)N(CCC(=O)Nc1ccc(C)cc1Br)c1ccccc1. The number of amides is 2.